The van der Waals surface area contributed by atoms with Gasteiger partial charge in [0.15, 0.2) is 17.0 Å². The van der Waals surface area contributed by atoms with Gasteiger partial charge in [-0.2, -0.15) is 0 Å². The zero-order valence-corrected chi connectivity index (χ0v) is 14.5. The van der Waals surface area contributed by atoms with Crippen LogP contribution >= 0.6 is 0 Å². The fourth-order valence-electron chi connectivity index (χ4n) is 3.46. The standard InChI is InChI=1S/C20H24O5/c1-2-24-14-6-7-18-15(12-14)17(22)13-19(25-18)16(21)8-11-20(23)9-4-3-5-10-20/h6-7,12-13,23H,2-5,8-11H2,1H3. The van der Waals surface area contributed by atoms with Crippen LogP contribution in [-0.4, -0.2) is 23.1 Å². The lowest BCUT2D eigenvalue weighted by Gasteiger charge is -2.31. The first-order valence-corrected chi connectivity index (χ1v) is 8.97. The van der Waals surface area contributed by atoms with Crippen LogP contribution in [0.4, 0.5) is 0 Å². The highest BCUT2D eigenvalue weighted by Crippen LogP contribution is 2.32. The van der Waals surface area contributed by atoms with E-state index in [0.29, 0.717) is 29.7 Å². The molecule has 25 heavy (non-hydrogen) atoms. The highest BCUT2D eigenvalue weighted by Gasteiger charge is 2.30. The molecule has 3 rings (SSSR count). The number of ketones is 1. The number of hydrogen-bond donors (Lipinski definition) is 1. The minimum absolute atomic E-state index is 0.0565. The molecule has 1 fully saturated rings. The molecule has 1 aliphatic rings. The highest BCUT2D eigenvalue weighted by molar-refractivity contribution is 5.95. The van der Waals surface area contributed by atoms with E-state index in [9.17, 15) is 14.7 Å². The molecule has 0 bridgehead atoms. The summed E-state index contributed by atoms with van der Waals surface area (Å²) in [5.74, 6) is 0.411. The molecular formula is C20H24O5. The van der Waals surface area contributed by atoms with Crippen LogP contribution in [0.15, 0.2) is 33.5 Å². The highest BCUT2D eigenvalue weighted by atomic mass is 16.5. The Morgan fingerprint density at radius 2 is 2.00 bits per heavy atom. The fraction of sp³-hybridized carbons (Fsp3) is 0.500. The second-order valence-corrected chi connectivity index (χ2v) is 6.77. The summed E-state index contributed by atoms with van der Waals surface area (Å²) in [6.45, 7) is 2.38. The summed E-state index contributed by atoms with van der Waals surface area (Å²) < 4.78 is 11.0. The summed E-state index contributed by atoms with van der Waals surface area (Å²) in [5.41, 5.74) is -0.643. The molecule has 1 aliphatic carbocycles. The third-order valence-corrected chi connectivity index (χ3v) is 4.89. The van der Waals surface area contributed by atoms with Gasteiger partial charge in [-0.25, -0.2) is 0 Å². The lowest BCUT2D eigenvalue weighted by molar-refractivity contribution is -0.00471. The first-order valence-electron chi connectivity index (χ1n) is 8.97. The van der Waals surface area contributed by atoms with Crippen LogP contribution in [0, 0.1) is 0 Å². The zero-order valence-electron chi connectivity index (χ0n) is 14.5. The first-order chi connectivity index (χ1) is 12.0. The molecule has 1 aromatic heterocycles. The monoisotopic (exact) mass is 344 g/mol. The molecule has 2 aromatic rings. The summed E-state index contributed by atoms with van der Waals surface area (Å²) in [6, 6.07) is 6.23. The maximum Gasteiger partial charge on any atom is 0.198 e. The molecular weight excluding hydrogens is 320 g/mol. The molecule has 1 heterocycles. The average Bonchev–Trinajstić information content (AvgIpc) is 2.61. The van der Waals surface area contributed by atoms with Gasteiger partial charge in [0.2, 0.25) is 0 Å². The van der Waals surface area contributed by atoms with Crippen molar-refractivity contribution in [1.29, 1.82) is 0 Å². The lowest BCUT2D eigenvalue weighted by atomic mass is 9.81. The predicted molar refractivity (Wildman–Crippen MR) is 95.3 cm³/mol. The molecule has 0 amide bonds. The summed E-state index contributed by atoms with van der Waals surface area (Å²) in [6.07, 6.45) is 5.21. The number of rotatable bonds is 6. The second-order valence-electron chi connectivity index (χ2n) is 6.77. The van der Waals surface area contributed by atoms with Gasteiger partial charge >= 0.3 is 0 Å². The van der Waals surface area contributed by atoms with Gasteiger partial charge in [0.1, 0.15) is 11.3 Å². The molecule has 0 unspecified atom stereocenters. The Labute approximate surface area is 146 Å². The molecule has 0 aliphatic heterocycles. The van der Waals surface area contributed by atoms with E-state index in [-0.39, 0.29) is 23.4 Å². The van der Waals surface area contributed by atoms with Crippen molar-refractivity contribution in [2.24, 2.45) is 0 Å². The van der Waals surface area contributed by atoms with Crippen molar-refractivity contribution in [3.05, 3.63) is 40.2 Å². The van der Waals surface area contributed by atoms with E-state index in [1.165, 1.54) is 6.07 Å². The maximum atomic E-state index is 12.4. The molecule has 0 saturated heterocycles. The number of carbonyl (C=O) groups is 1. The third kappa shape index (κ3) is 4.10. The summed E-state index contributed by atoms with van der Waals surface area (Å²) in [5, 5.41) is 10.9. The van der Waals surface area contributed by atoms with Crippen LogP contribution in [0.1, 0.15) is 62.4 Å². The molecule has 0 atom stereocenters. The van der Waals surface area contributed by atoms with E-state index in [1.807, 2.05) is 6.92 Å². The molecule has 5 nitrogen and oxygen atoms in total. The Morgan fingerprint density at radius 3 is 2.72 bits per heavy atom. The quantitative estimate of drug-likeness (QED) is 0.806. The van der Waals surface area contributed by atoms with Crippen molar-refractivity contribution in [3.63, 3.8) is 0 Å². The maximum absolute atomic E-state index is 12.4. The first kappa shape index (κ1) is 17.7. The Kier molecular flexibility index (Phi) is 5.23. The fourth-order valence-corrected chi connectivity index (χ4v) is 3.46. The molecule has 134 valence electrons. The Balaban J connectivity index is 1.77. The molecule has 0 spiro atoms. The van der Waals surface area contributed by atoms with Crippen molar-refractivity contribution in [1.82, 2.24) is 0 Å². The van der Waals surface area contributed by atoms with Gasteiger partial charge in [0.05, 0.1) is 17.6 Å². The van der Waals surface area contributed by atoms with Gasteiger partial charge in [-0.3, -0.25) is 9.59 Å². The Morgan fingerprint density at radius 1 is 1.24 bits per heavy atom. The van der Waals surface area contributed by atoms with E-state index < -0.39 is 5.60 Å². The number of aliphatic hydroxyl groups is 1. The van der Waals surface area contributed by atoms with Gasteiger partial charge in [-0.05, 0) is 44.4 Å². The normalized spacial score (nSPS) is 16.7. The summed E-state index contributed by atoms with van der Waals surface area (Å²) >= 11 is 0. The van der Waals surface area contributed by atoms with E-state index in [2.05, 4.69) is 0 Å². The third-order valence-electron chi connectivity index (χ3n) is 4.89. The lowest BCUT2D eigenvalue weighted by Crippen LogP contribution is -2.31. The number of fused-ring (bicyclic) bond motifs is 1. The van der Waals surface area contributed by atoms with Crippen LogP contribution in [0.25, 0.3) is 11.0 Å². The van der Waals surface area contributed by atoms with Gasteiger partial charge in [0.25, 0.3) is 0 Å². The van der Waals surface area contributed by atoms with E-state index >= 15 is 0 Å². The Bertz CT molecular complexity index is 814. The SMILES string of the molecule is CCOc1ccc2oc(C(=O)CCC3(O)CCCCC3)cc(=O)c2c1. The number of benzene rings is 1. The van der Waals surface area contributed by atoms with Crippen LogP contribution in [-0.2, 0) is 0 Å². The number of ether oxygens (including phenoxy) is 1. The van der Waals surface area contributed by atoms with Gasteiger partial charge in [0, 0.05) is 12.5 Å². The van der Waals surface area contributed by atoms with Crippen LogP contribution in [0.5, 0.6) is 5.75 Å². The predicted octanol–water partition coefficient (Wildman–Crippen LogP) is 3.85. The van der Waals surface area contributed by atoms with Gasteiger partial charge in [-0.1, -0.05) is 19.3 Å². The van der Waals surface area contributed by atoms with Crippen molar-refractivity contribution < 1.29 is 19.1 Å². The topological polar surface area (TPSA) is 76.7 Å². The Hall–Kier alpha value is -2.14. The van der Waals surface area contributed by atoms with E-state index in [0.717, 1.165) is 32.1 Å². The van der Waals surface area contributed by atoms with Crippen LogP contribution < -0.4 is 10.2 Å². The summed E-state index contributed by atoms with van der Waals surface area (Å²) in [7, 11) is 0. The minimum Gasteiger partial charge on any atom is -0.494 e. The minimum atomic E-state index is -0.753. The van der Waals surface area contributed by atoms with Crippen molar-refractivity contribution in [2.45, 2.75) is 57.5 Å². The molecule has 0 radical (unpaired) electrons. The van der Waals surface area contributed by atoms with Crippen molar-refractivity contribution >= 4 is 16.8 Å². The number of carbonyl (C=O) groups excluding carboxylic acids is 1. The smallest absolute Gasteiger partial charge is 0.198 e. The molecule has 5 heteroatoms. The molecule has 1 N–H and O–H groups in total. The van der Waals surface area contributed by atoms with Gasteiger partial charge in [-0.15, -0.1) is 0 Å². The van der Waals surface area contributed by atoms with Gasteiger partial charge < -0.3 is 14.3 Å². The molecule has 1 saturated carbocycles. The summed E-state index contributed by atoms with van der Waals surface area (Å²) in [4.78, 5) is 24.7. The van der Waals surface area contributed by atoms with E-state index in [4.69, 9.17) is 9.15 Å². The van der Waals surface area contributed by atoms with Crippen LogP contribution in [0.3, 0.4) is 0 Å². The molecule has 1 aromatic carbocycles. The van der Waals surface area contributed by atoms with Crippen molar-refractivity contribution in [3.8, 4) is 5.75 Å². The average molecular weight is 344 g/mol. The van der Waals surface area contributed by atoms with Crippen LogP contribution in [0.2, 0.25) is 0 Å². The number of hydrogen-bond acceptors (Lipinski definition) is 5. The zero-order chi connectivity index (χ0) is 17.9. The van der Waals surface area contributed by atoms with Crippen molar-refractivity contribution in [2.75, 3.05) is 6.61 Å². The van der Waals surface area contributed by atoms with E-state index in [1.54, 1.807) is 18.2 Å². The largest absolute Gasteiger partial charge is 0.494 e. The second kappa shape index (κ2) is 7.40. The number of Topliss-reactive ketones (excluding diaryl/α,β-unsaturated/α-hetero) is 1.